The molecule has 9 nitrogen and oxygen atoms in total. The Bertz CT molecular complexity index is 819. The lowest BCUT2D eigenvalue weighted by Crippen LogP contribution is -2.19. The van der Waals surface area contributed by atoms with E-state index in [1.54, 1.807) is 31.2 Å². The van der Waals surface area contributed by atoms with Crippen molar-refractivity contribution in [1.29, 1.82) is 0 Å². The Morgan fingerprint density at radius 2 is 2.07 bits per heavy atom. The average Bonchev–Trinajstić information content (AvgIpc) is 3.00. The van der Waals surface area contributed by atoms with Crippen LogP contribution < -0.4 is 10.1 Å². The number of esters is 2. The van der Waals surface area contributed by atoms with Crippen LogP contribution in [0.4, 0.5) is 0 Å². The minimum Gasteiger partial charge on any atom is -0.481 e. The lowest BCUT2D eigenvalue weighted by atomic mass is 10.2. The second-order valence-corrected chi connectivity index (χ2v) is 5.90. The van der Waals surface area contributed by atoms with Crippen LogP contribution in [0.15, 0.2) is 45.4 Å². The predicted molar refractivity (Wildman–Crippen MR) is 99.4 cm³/mol. The first-order chi connectivity index (χ1) is 13.0. The van der Waals surface area contributed by atoms with Gasteiger partial charge in [0.2, 0.25) is 0 Å². The number of benzene rings is 1. The van der Waals surface area contributed by atoms with Gasteiger partial charge in [-0.05, 0) is 30.8 Å². The number of amides is 1. The van der Waals surface area contributed by atoms with Crippen LogP contribution in [0.1, 0.15) is 12.5 Å². The molecule has 1 heterocycles. The molecule has 0 aromatic heterocycles. The maximum absolute atomic E-state index is 11.7. The van der Waals surface area contributed by atoms with E-state index < -0.39 is 17.8 Å². The Morgan fingerprint density at radius 1 is 1.30 bits per heavy atom. The summed E-state index contributed by atoms with van der Waals surface area (Å²) < 4.78 is 14.7. The number of methoxy groups -OCH3 is 1. The Kier molecular flexibility index (Phi) is 7.56. The van der Waals surface area contributed by atoms with Crippen LogP contribution in [0.2, 0.25) is 0 Å². The third-order valence-corrected chi connectivity index (χ3v) is 3.92. The number of carbonyl (C=O) groups is 3. The number of nitrogens with one attached hydrogen (secondary N) is 1. The molecule has 1 amide bonds. The number of para-hydroxylation sites is 1. The van der Waals surface area contributed by atoms with Gasteiger partial charge in [-0.1, -0.05) is 12.1 Å². The van der Waals surface area contributed by atoms with Crippen LogP contribution >= 0.6 is 11.8 Å². The molecule has 0 saturated carbocycles. The van der Waals surface area contributed by atoms with Gasteiger partial charge in [-0.25, -0.2) is 9.59 Å². The zero-order chi connectivity index (χ0) is 19.6. The molecule has 0 unspecified atom stereocenters. The molecule has 1 N–H and O–H groups in total. The summed E-state index contributed by atoms with van der Waals surface area (Å²) in [4.78, 5) is 34.5. The lowest BCUT2D eigenvalue weighted by Gasteiger charge is -2.07. The zero-order valence-corrected chi connectivity index (χ0v) is 15.4. The standard InChI is InChI=1S/C17H17N3O6S/c1-3-25-15(22)10-26-12-7-5-4-6-11(12)9-18-20-17-19-16(23)13(27-17)8-14(21)24-2/h4-9H,3,10H2,1-2H3,(H,19,20,23)/b13-8+,18-9?. The van der Waals surface area contributed by atoms with Crippen molar-refractivity contribution < 1.29 is 28.6 Å². The van der Waals surface area contributed by atoms with Gasteiger partial charge in [0.25, 0.3) is 5.91 Å². The molecule has 0 spiro atoms. The van der Waals surface area contributed by atoms with E-state index in [0.717, 1.165) is 17.8 Å². The molecule has 142 valence electrons. The average molecular weight is 391 g/mol. The number of carbonyl (C=O) groups excluding carboxylic acids is 3. The first kappa shape index (κ1) is 20.2. The summed E-state index contributed by atoms with van der Waals surface area (Å²) in [6, 6.07) is 6.93. The first-order valence-electron chi connectivity index (χ1n) is 7.80. The highest BCUT2D eigenvalue weighted by molar-refractivity contribution is 8.18. The number of nitrogens with zero attached hydrogens (tertiary/aromatic N) is 2. The minimum absolute atomic E-state index is 0.161. The number of hydrogen-bond donors (Lipinski definition) is 1. The smallest absolute Gasteiger partial charge is 0.344 e. The highest BCUT2D eigenvalue weighted by Gasteiger charge is 2.25. The fraction of sp³-hybridized carbons (Fsp3) is 0.235. The summed E-state index contributed by atoms with van der Waals surface area (Å²) in [7, 11) is 1.22. The van der Waals surface area contributed by atoms with E-state index in [-0.39, 0.29) is 23.3 Å². The molecule has 1 aromatic rings. The normalized spacial score (nSPS) is 16.6. The van der Waals surface area contributed by atoms with Crippen molar-refractivity contribution in [2.45, 2.75) is 6.92 Å². The van der Waals surface area contributed by atoms with E-state index in [2.05, 4.69) is 20.3 Å². The number of hydrogen-bond acceptors (Lipinski definition) is 9. The zero-order valence-electron chi connectivity index (χ0n) is 14.6. The van der Waals surface area contributed by atoms with Gasteiger partial charge in [0.15, 0.2) is 11.8 Å². The van der Waals surface area contributed by atoms with Gasteiger partial charge in [-0.2, -0.15) is 5.10 Å². The van der Waals surface area contributed by atoms with E-state index in [1.165, 1.54) is 13.3 Å². The van der Waals surface area contributed by atoms with Crippen molar-refractivity contribution in [3.05, 3.63) is 40.8 Å². The van der Waals surface area contributed by atoms with Crippen LogP contribution in [0.5, 0.6) is 5.75 Å². The van der Waals surface area contributed by atoms with Gasteiger partial charge in [-0.3, -0.25) is 10.1 Å². The van der Waals surface area contributed by atoms with Crippen molar-refractivity contribution in [2.24, 2.45) is 10.2 Å². The van der Waals surface area contributed by atoms with Gasteiger partial charge in [-0.15, -0.1) is 5.10 Å². The Labute approximate surface area is 159 Å². The second-order valence-electron chi connectivity index (χ2n) is 4.87. The number of ether oxygens (including phenoxy) is 3. The predicted octanol–water partition coefficient (Wildman–Crippen LogP) is 1.24. The topological polar surface area (TPSA) is 116 Å². The van der Waals surface area contributed by atoms with Gasteiger partial charge < -0.3 is 14.2 Å². The number of thioether (sulfide) groups is 1. The Hall–Kier alpha value is -3.14. The largest absolute Gasteiger partial charge is 0.481 e. The van der Waals surface area contributed by atoms with Crippen molar-refractivity contribution >= 4 is 41.0 Å². The van der Waals surface area contributed by atoms with Gasteiger partial charge in [0.05, 0.1) is 24.8 Å². The summed E-state index contributed by atoms with van der Waals surface area (Å²) >= 11 is 0.965. The third-order valence-electron chi connectivity index (χ3n) is 3.02. The molecule has 1 aliphatic rings. The molecule has 1 fully saturated rings. The highest BCUT2D eigenvalue weighted by atomic mass is 32.2. The van der Waals surface area contributed by atoms with Crippen LogP contribution in [-0.4, -0.2) is 49.6 Å². The van der Waals surface area contributed by atoms with Gasteiger partial charge in [0.1, 0.15) is 5.75 Å². The first-order valence-corrected chi connectivity index (χ1v) is 8.62. The van der Waals surface area contributed by atoms with Crippen molar-refractivity contribution in [3.8, 4) is 5.75 Å². The molecule has 0 radical (unpaired) electrons. The van der Waals surface area contributed by atoms with E-state index in [4.69, 9.17) is 9.47 Å². The molecule has 10 heteroatoms. The molecule has 0 aliphatic carbocycles. The molecule has 27 heavy (non-hydrogen) atoms. The number of rotatable bonds is 7. The fourth-order valence-electron chi connectivity index (χ4n) is 1.84. The van der Waals surface area contributed by atoms with Crippen molar-refractivity contribution in [1.82, 2.24) is 5.32 Å². The van der Waals surface area contributed by atoms with Gasteiger partial charge >= 0.3 is 11.9 Å². The molecule has 1 saturated heterocycles. The monoisotopic (exact) mass is 391 g/mol. The van der Waals surface area contributed by atoms with Crippen LogP contribution in [0, 0.1) is 0 Å². The van der Waals surface area contributed by atoms with Crippen molar-refractivity contribution in [2.75, 3.05) is 20.3 Å². The summed E-state index contributed by atoms with van der Waals surface area (Å²) in [5.41, 5.74) is 0.589. The summed E-state index contributed by atoms with van der Waals surface area (Å²) in [6.45, 7) is 1.77. The van der Waals surface area contributed by atoms with E-state index in [0.29, 0.717) is 11.3 Å². The second kappa shape index (κ2) is 10.1. The molecule has 1 aromatic carbocycles. The van der Waals surface area contributed by atoms with Crippen LogP contribution in [0.3, 0.4) is 0 Å². The molecule has 2 rings (SSSR count). The lowest BCUT2D eigenvalue weighted by molar-refractivity contribution is -0.145. The minimum atomic E-state index is -0.634. The molecular formula is C17H17N3O6S. The highest BCUT2D eigenvalue weighted by Crippen LogP contribution is 2.23. The Morgan fingerprint density at radius 3 is 2.81 bits per heavy atom. The molecular weight excluding hydrogens is 374 g/mol. The van der Waals surface area contributed by atoms with Gasteiger partial charge in [0, 0.05) is 11.6 Å². The molecule has 0 bridgehead atoms. The van der Waals surface area contributed by atoms with E-state index in [9.17, 15) is 14.4 Å². The molecule has 0 atom stereocenters. The molecule has 1 aliphatic heterocycles. The van der Waals surface area contributed by atoms with Crippen LogP contribution in [0.25, 0.3) is 0 Å². The SMILES string of the molecule is CCOC(=O)COc1ccccc1C=N/N=C1/NC(=O)/C(=C\C(=O)OC)S1. The maximum Gasteiger partial charge on any atom is 0.344 e. The van der Waals surface area contributed by atoms with Crippen LogP contribution in [-0.2, 0) is 23.9 Å². The summed E-state index contributed by atoms with van der Waals surface area (Å²) in [5.74, 6) is -1.13. The number of amidine groups is 1. The third kappa shape index (κ3) is 6.26. The summed E-state index contributed by atoms with van der Waals surface area (Å²) in [5, 5.41) is 10.5. The van der Waals surface area contributed by atoms with Crippen molar-refractivity contribution in [3.63, 3.8) is 0 Å². The summed E-state index contributed by atoms with van der Waals surface area (Å²) in [6.07, 6.45) is 2.49. The van der Waals surface area contributed by atoms with E-state index in [1.807, 2.05) is 0 Å². The van der Waals surface area contributed by atoms with E-state index >= 15 is 0 Å². The fourth-order valence-corrected chi connectivity index (χ4v) is 2.58. The Balaban J connectivity index is 2.03. The quantitative estimate of drug-likeness (QED) is 0.322. The maximum atomic E-state index is 11.7.